The predicted molar refractivity (Wildman–Crippen MR) is 77.8 cm³/mol. The zero-order valence-electron chi connectivity index (χ0n) is 12.7. The molecule has 116 valence electrons. The highest BCUT2D eigenvalue weighted by Crippen LogP contribution is 2.11. The molecule has 1 aliphatic heterocycles. The van der Waals surface area contributed by atoms with E-state index < -0.39 is 11.5 Å². The van der Waals surface area contributed by atoms with E-state index in [1.807, 2.05) is 20.8 Å². The number of hydrogen-bond donors (Lipinski definition) is 3. The zero-order valence-corrected chi connectivity index (χ0v) is 12.7. The van der Waals surface area contributed by atoms with Crippen LogP contribution in [0.4, 0.5) is 4.79 Å². The molecule has 3 N–H and O–H groups in total. The van der Waals surface area contributed by atoms with Crippen LogP contribution in [0, 0.1) is 0 Å². The van der Waals surface area contributed by atoms with Crippen molar-refractivity contribution in [3.05, 3.63) is 0 Å². The van der Waals surface area contributed by atoms with Gasteiger partial charge in [-0.3, -0.25) is 4.79 Å². The van der Waals surface area contributed by atoms with Crippen molar-refractivity contribution in [2.24, 2.45) is 0 Å². The predicted octanol–water partition coefficient (Wildman–Crippen LogP) is 1.41. The Morgan fingerprint density at radius 1 is 1.30 bits per heavy atom. The van der Waals surface area contributed by atoms with Crippen molar-refractivity contribution >= 4 is 12.0 Å². The van der Waals surface area contributed by atoms with Gasteiger partial charge in [0.2, 0.25) is 0 Å². The molecule has 0 spiro atoms. The number of carbonyl (C=O) groups excluding carboxylic acids is 1. The van der Waals surface area contributed by atoms with Crippen LogP contribution in [-0.4, -0.2) is 53.2 Å². The zero-order chi connectivity index (χ0) is 15.2. The van der Waals surface area contributed by atoms with Gasteiger partial charge >= 0.3 is 12.0 Å². The molecule has 0 aliphatic carbocycles. The van der Waals surface area contributed by atoms with E-state index in [0.717, 1.165) is 19.6 Å². The van der Waals surface area contributed by atoms with Crippen LogP contribution >= 0.6 is 0 Å². The average Bonchev–Trinajstić information content (AvgIpc) is 2.78. The topological polar surface area (TPSA) is 81.7 Å². The Morgan fingerprint density at radius 3 is 2.45 bits per heavy atom. The third-order valence-corrected chi connectivity index (χ3v) is 3.52. The fourth-order valence-corrected chi connectivity index (χ4v) is 2.45. The highest BCUT2D eigenvalue weighted by molar-refractivity contribution is 5.75. The lowest BCUT2D eigenvalue weighted by Gasteiger charge is -2.28. The normalized spacial score (nSPS) is 17.8. The molecule has 0 aromatic rings. The van der Waals surface area contributed by atoms with Crippen LogP contribution in [0.15, 0.2) is 0 Å². The van der Waals surface area contributed by atoms with Gasteiger partial charge in [-0.25, -0.2) is 4.79 Å². The minimum absolute atomic E-state index is 0.0522. The number of carboxylic acids is 1. The largest absolute Gasteiger partial charge is 0.481 e. The summed E-state index contributed by atoms with van der Waals surface area (Å²) in [5, 5.41) is 14.4. The van der Waals surface area contributed by atoms with E-state index in [2.05, 4.69) is 15.5 Å². The maximum atomic E-state index is 11.9. The number of carbonyl (C=O) groups is 2. The second kappa shape index (κ2) is 7.47. The van der Waals surface area contributed by atoms with Crippen molar-refractivity contribution in [2.75, 3.05) is 19.6 Å². The van der Waals surface area contributed by atoms with Crippen LogP contribution in [0.25, 0.3) is 0 Å². The maximum absolute atomic E-state index is 11.9. The number of likely N-dealkylation sites (tertiary alicyclic amines) is 1. The molecule has 1 fully saturated rings. The second-order valence-electron chi connectivity index (χ2n) is 6.28. The van der Waals surface area contributed by atoms with E-state index in [1.54, 1.807) is 0 Å². The first kappa shape index (κ1) is 16.8. The minimum atomic E-state index is -0.845. The Hall–Kier alpha value is -1.30. The first-order valence-corrected chi connectivity index (χ1v) is 7.31. The van der Waals surface area contributed by atoms with Gasteiger partial charge in [0, 0.05) is 24.5 Å². The molecule has 1 rings (SSSR count). The first-order chi connectivity index (χ1) is 9.28. The second-order valence-corrected chi connectivity index (χ2v) is 6.28. The number of carboxylic acid groups (broad SMARTS) is 1. The molecule has 1 aliphatic rings. The van der Waals surface area contributed by atoms with Gasteiger partial charge in [-0.05, 0) is 53.1 Å². The molecule has 0 bridgehead atoms. The fourth-order valence-electron chi connectivity index (χ4n) is 2.45. The van der Waals surface area contributed by atoms with Crippen LogP contribution in [0.5, 0.6) is 0 Å². The molecule has 6 heteroatoms. The number of rotatable bonds is 7. The standard InChI is InChI=1S/C14H27N3O3/c1-11(10-17-8-4-5-9-17)15-13(20)16-14(2,3)7-6-12(18)19/h11H,4-10H2,1-3H3,(H,18,19)(H2,15,16,20). The number of nitrogens with one attached hydrogen (secondary N) is 2. The molecule has 0 aromatic carbocycles. The number of urea groups is 1. The van der Waals surface area contributed by atoms with E-state index in [1.165, 1.54) is 12.8 Å². The molecule has 2 amide bonds. The Kier molecular flexibility index (Phi) is 6.26. The summed E-state index contributed by atoms with van der Waals surface area (Å²) in [6, 6.07) is -0.143. The highest BCUT2D eigenvalue weighted by Gasteiger charge is 2.23. The van der Waals surface area contributed by atoms with Gasteiger partial charge in [0.05, 0.1) is 0 Å². The summed E-state index contributed by atoms with van der Waals surface area (Å²) in [7, 11) is 0. The summed E-state index contributed by atoms with van der Waals surface area (Å²) in [5.41, 5.74) is -0.518. The van der Waals surface area contributed by atoms with Gasteiger partial charge in [0.25, 0.3) is 0 Å². The molecule has 1 unspecified atom stereocenters. The van der Waals surface area contributed by atoms with Crippen molar-refractivity contribution < 1.29 is 14.7 Å². The Balaban J connectivity index is 2.28. The molecule has 6 nitrogen and oxygen atoms in total. The number of nitrogens with zero attached hydrogens (tertiary/aromatic N) is 1. The molecule has 0 saturated carbocycles. The molecule has 0 radical (unpaired) electrons. The van der Waals surface area contributed by atoms with Crippen molar-refractivity contribution in [3.8, 4) is 0 Å². The average molecular weight is 285 g/mol. The van der Waals surface area contributed by atoms with Gasteiger partial charge in [-0.1, -0.05) is 0 Å². The Labute approximate surface area is 120 Å². The SMILES string of the molecule is CC(CN1CCCC1)NC(=O)NC(C)(C)CCC(=O)O. The first-order valence-electron chi connectivity index (χ1n) is 7.31. The fraction of sp³-hybridized carbons (Fsp3) is 0.857. The van der Waals surface area contributed by atoms with E-state index in [9.17, 15) is 9.59 Å². The van der Waals surface area contributed by atoms with Crippen LogP contribution in [0.2, 0.25) is 0 Å². The number of aliphatic carboxylic acids is 1. The quantitative estimate of drug-likeness (QED) is 0.660. The van der Waals surface area contributed by atoms with Gasteiger partial charge in [0.1, 0.15) is 0 Å². The molecule has 1 heterocycles. The van der Waals surface area contributed by atoms with Crippen LogP contribution in [-0.2, 0) is 4.79 Å². The van der Waals surface area contributed by atoms with Crippen LogP contribution in [0.3, 0.4) is 0 Å². The summed E-state index contributed by atoms with van der Waals surface area (Å²) in [5.74, 6) is -0.845. The van der Waals surface area contributed by atoms with Crippen molar-refractivity contribution in [1.29, 1.82) is 0 Å². The Bertz CT molecular complexity index is 339. The maximum Gasteiger partial charge on any atom is 0.315 e. The molecular weight excluding hydrogens is 258 g/mol. The van der Waals surface area contributed by atoms with E-state index in [0.29, 0.717) is 6.42 Å². The van der Waals surface area contributed by atoms with Crippen molar-refractivity contribution in [3.63, 3.8) is 0 Å². The summed E-state index contributed by atoms with van der Waals surface area (Å²) >= 11 is 0. The lowest BCUT2D eigenvalue weighted by atomic mass is 9.99. The molecule has 20 heavy (non-hydrogen) atoms. The summed E-state index contributed by atoms with van der Waals surface area (Å²) in [6.07, 6.45) is 2.94. The van der Waals surface area contributed by atoms with Gasteiger partial charge in [-0.15, -0.1) is 0 Å². The minimum Gasteiger partial charge on any atom is -0.481 e. The summed E-state index contributed by atoms with van der Waals surface area (Å²) < 4.78 is 0. The Morgan fingerprint density at radius 2 is 1.90 bits per heavy atom. The van der Waals surface area contributed by atoms with Crippen molar-refractivity contribution in [2.45, 2.75) is 58.0 Å². The van der Waals surface area contributed by atoms with Gasteiger partial charge in [-0.2, -0.15) is 0 Å². The number of hydrogen-bond acceptors (Lipinski definition) is 3. The van der Waals surface area contributed by atoms with Gasteiger partial charge < -0.3 is 20.6 Å². The van der Waals surface area contributed by atoms with E-state index in [-0.39, 0.29) is 18.5 Å². The summed E-state index contributed by atoms with van der Waals surface area (Å²) in [4.78, 5) is 24.8. The summed E-state index contributed by atoms with van der Waals surface area (Å²) in [6.45, 7) is 8.74. The third kappa shape index (κ3) is 6.75. The van der Waals surface area contributed by atoms with E-state index in [4.69, 9.17) is 5.11 Å². The van der Waals surface area contributed by atoms with Crippen LogP contribution in [0.1, 0.15) is 46.5 Å². The lowest BCUT2D eigenvalue weighted by molar-refractivity contribution is -0.137. The van der Waals surface area contributed by atoms with Crippen molar-refractivity contribution in [1.82, 2.24) is 15.5 Å². The monoisotopic (exact) mass is 285 g/mol. The molecule has 1 saturated heterocycles. The third-order valence-electron chi connectivity index (χ3n) is 3.52. The number of amides is 2. The van der Waals surface area contributed by atoms with Crippen LogP contribution < -0.4 is 10.6 Å². The van der Waals surface area contributed by atoms with Gasteiger partial charge in [0.15, 0.2) is 0 Å². The smallest absolute Gasteiger partial charge is 0.315 e. The highest BCUT2D eigenvalue weighted by atomic mass is 16.4. The molecular formula is C14H27N3O3. The lowest BCUT2D eigenvalue weighted by Crippen LogP contribution is -2.52. The molecule has 0 aromatic heterocycles. The van der Waals surface area contributed by atoms with E-state index >= 15 is 0 Å². The molecule has 1 atom stereocenters.